The molecule has 0 unspecified atom stereocenters. The molecule has 11 nitrogen and oxygen atoms in total. The molecule has 2 aromatic carbocycles. The number of aromatic nitrogens is 2. The maximum absolute atomic E-state index is 12.5. The second-order valence-electron chi connectivity index (χ2n) is 7.24. The van der Waals surface area contributed by atoms with Gasteiger partial charge in [-0.2, -0.15) is 0 Å². The van der Waals surface area contributed by atoms with Crippen LogP contribution in [0, 0.1) is 0 Å². The highest BCUT2D eigenvalue weighted by Crippen LogP contribution is 2.26. The van der Waals surface area contributed by atoms with Crippen LogP contribution in [0.1, 0.15) is 27.6 Å². The number of carbonyl (C=O) groups is 3. The Balaban J connectivity index is 1.55. The van der Waals surface area contributed by atoms with Gasteiger partial charge in [-0.1, -0.05) is 35.2 Å². The van der Waals surface area contributed by atoms with E-state index in [0.717, 1.165) is 27.4 Å². The number of rotatable bonds is 10. The van der Waals surface area contributed by atoms with Crippen molar-refractivity contribution in [2.24, 2.45) is 0 Å². The molecule has 0 saturated heterocycles. The van der Waals surface area contributed by atoms with Gasteiger partial charge in [-0.3, -0.25) is 14.9 Å². The van der Waals surface area contributed by atoms with Crippen LogP contribution < -0.4 is 10.6 Å². The minimum absolute atomic E-state index is 0.00154. The largest absolute Gasteiger partial charge is 0.462 e. The van der Waals surface area contributed by atoms with Crippen molar-refractivity contribution in [2.75, 3.05) is 37.1 Å². The number of benzene rings is 2. The molecule has 190 valence electrons. The zero-order chi connectivity index (χ0) is 26.3. The van der Waals surface area contributed by atoms with Gasteiger partial charge in [-0.05, 0) is 43.3 Å². The Kier molecular flexibility index (Phi) is 9.14. The Hall–Kier alpha value is -3.33. The number of esters is 1. The molecule has 3 rings (SSSR count). The summed E-state index contributed by atoms with van der Waals surface area (Å²) in [6.07, 6.45) is 0. The number of carbonyl (C=O) groups excluding carboxylic acids is 3. The number of nitrogens with zero attached hydrogens (tertiary/aromatic N) is 3. The molecule has 0 spiro atoms. The lowest BCUT2D eigenvalue weighted by Gasteiger charge is -2.11. The number of amides is 2. The van der Waals surface area contributed by atoms with Crippen LogP contribution >= 0.6 is 23.1 Å². The lowest BCUT2D eigenvalue weighted by atomic mass is 10.2. The van der Waals surface area contributed by atoms with Gasteiger partial charge in [-0.25, -0.2) is 17.5 Å². The third-order valence-electron chi connectivity index (χ3n) is 4.55. The predicted molar refractivity (Wildman–Crippen MR) is 137 cm³/mol. The highest BCUT2D eigenvalue weighted by Gasteiger charge is 2.19. The van der Waals surface area contributed by atoms with E-state index in [2.05, 4.69) is 20.8 Å². The zero-order valence-corrected chi connectivity index (χ0v) is 22.0. The summed E-state index contributed by atoms with van der Waals surface area (Å²) in [7, 11) is -0.747. The van der Waals surface area contributed by atoms with E-state index in [0.29, 0.717) is 10.0 Å². The smallest absolute Gasteiger partial charge is 0.340 e. The first-order valence-corrected chi connectivity index (χ1v) is 13.7. The molecule has 0 aliphatic heterocycles. The normalized spacial score (nSPS) is 11.2. The highest BCUT2D eigenvalue weighted by atomic mass is 32.2. The van der Waals surface area contributed by atoms with Gasteiger partial charge in [0.2, 0.25) is 21.1 Å². The Labute approximate surface area is 216 Å². The third kappa shape index (κ3) is 6.87. The fraction of sp³-hybridized carbons (Fsp3) is 0.227. The second-order valence-corrected chi connectivity index (χ2v) is 11.6. The van der Waals surface area contributed by atoms with Crippen molar-refractivity contribution >= 4 is 61.7 Å². The van der Waals surface area contributed by atoms with Crippen LogP contribution in [0.5, 0.6) is 0 Å². The van der Waals surface area contributed by atoms with E-state index in [9.17, 15) is 22.8 Å². The molecule has 0 saturated carbocycles. The SMILES string of the molecule is CCOC(=O)c1ccccc1NC(=O)CSc1nnc(NC(=O)c2ccc(S(=O)(=O)N(C)C)cc2)s1. The minimum Gasteiger partial charge on any atom is -0.462 e. The summed E-state index contributed by atoms with van der Waals surface area (Å²) in [5.74, 6) is -1.36. The molecule has 0 bridgehead atoms. The van der Waals surface area contributed by atoms with Crippen molar-refractivity contribution in [3.05, 3.63) is 59.7 Å². The van der Waals surface area contributed by atoms with Crippen molar-refractivity contribution in [3.63, 3.8) is 0 Å². The minimum atomic E-state index is -3.59. The molecule has 2 amide bonds. The Morgan fingerprint density at radius 1 is 1.03 bits per heavy atom. The quantitative estimate of drug-likeness (QED) is 0.221. The third-order valence-corrected chi connectivity index (χ3v) is 8.35. The van der Waals surface area contributed by atoms with Gasteiger partial charge >= 0.3 is 5.97 Å². The van der Waals surface area contributed by atoms with Crippen molar-refractivity contribution in [1.82, 2.24) is 14.5 Å². The first-order chi connectivity index (χ1) is 17.1. The van der Waals surface area contributed by atoms with Gasteiger partial charge in [0.25, 0.3) is 5.91 Å². The Morgan fingerprint density at radius 3 is 2.39 bits per heavy atom. The summed E-state index contributed by atoms with van der Waals surface area (Å²) in [4.78, 5) is 37.0. The monoisotopic (exact) mass is 549 g/mol. The molecular formula is C22H23N5O6S3. The number of sulfonamides is 1. The summed E-state index contributed by atoms with van der Waals surface area (Å²) in [6.45, 7) is 1.92. The summed E-state index contributed by atoms with van der Waals surface area (Å²) in [6, 6.07) is 12.1. The number of ether oxygens (including phenoxy) is 1. The van der Waals surface area contributed by atoms with E-state index in [-0.39, 0.29) is 39.4 Å². The summed E-state index contributed by atoms with van der Waals surface area (Å²) >= 11 is 2.20. The van der Waals surface area contributed by atoms with Crippen molar-refractivity contribution in [1.29, 1.82) is 0 Å². The van der Waals surface area contributed by atoms with Crippen LogP contribution in [0.2, 0.25) is 0 Å². The standard InChI is InChI=1S/C22H23N5O6S3/c1-4-33-20(30)16-7-5-6-8-17(16)23-18(28)13-34-22-26-25-21(35-22)24-19(29)14-9-11-15(12-10-14)36(31,32)27(2)3/h5-12H,4,13H2,1-3H3,(H,23,28)(H,24,25,29). The summed E-state index contributed by atoms with van der Waals surface area (Å²) < 4.78 is 30.8. The van der Waals surface area contributed by atoms with Gasteiger partial charge in [0.05, 0.1) is 28.5 Å². The van der Waals surface area contributed by atoms with Gasteiger partial charge in [0.1, 0.15) is 0 Å². The first-order valence-electron chi connectivity index (χ1n) is 10.5. The van der Waals surface area contributed by atoms with Gasteiger partial charge in [-0.15, -0.1) is 10.2 Å². The van der Waals surface area contributed by atoms with Crippen molar-refractivity contribution < 1.29 is 27.5 Å². The van der Waals surface area contributed by atoms with Crippen LogP contribution in [0.25, 0.3) is 0 Å². The van der Waals surface area contributed by atoms with Crippen molar-refractivity contribution in [2.45, 2.75) is 16.2 Å². The van der Waals surface area contributed by atoms with E-state index in [4.69, 9.17) is 4.74 Å². The lowest BCUT2D eigenvalue weighted by molar-refractivity contribution is -0.113. The number of hydrogen-bond donors (Lipinski definition) is 2. The highest BCUT2D eigenvalue weighted by molar-refractivity contribution is 8.01. The molecule has 1 heterocycles. The molecule has 0 radical (unpaired) electrons. The fourth-order valence-corrected chi connectivity index (χ4v) is 5.22. The van der Waals surface area contributed by atoms with Crippen LogP contribution in [0.3, 0.4) is 0 Å². The molecule has 36 heavy (non-hydrogen) atoms. The number of anilines is 2. The second kappa shape index (κ2) is 12.1. The van der Waals surface area contributed by atoms with E-state index < -0.39 is 21.9 Å². The van der Waals surface area contributed by atoms with E-state index >= 15 is 0 Å². The maximum atomic E-state index is 12.5. The molecule has 14 heteroatoms. The number of para-hydroxylation sites is 1. The number of thioether (sulfide) groups is 1. The van der Waals surface area contributed by atoms with E-state index in [1.165, 1.54) is 38.4 Å². The number of nitrogens with one attached hydrogen (secondary N) is 2. The van der Waals surface area contributed by atoms with E-state index in [1.807, 2.05) is 0 Å². The van der Waals surface area contributed by atoms with Gasteiger partial charge in [0, 0.05) is 19.7 Å². The van der Waals surface area contributed by atoms with Gasteiger partial charge in [0.15, 0.2) is 4.34 Å². The molecular weight excluding hydrogens is 526 g/mol. The number of hydrogen-bond acceptors (Lipinski definition) is 10. The molecule has 1 aromatic heterocycles. The van der Waals surface area contributed by atoms with Crippen LogP contribution in [0.4, 0.5) is 10.8 Å². The Bertz CT molecular complexity index is 1360. The summed E-state index contributed by atoms with van der Waals surface area (Å²) in [5.41, 5.74) is 0.846. The van der Waals surface area contributed by atoms with E-state index in [1.54, 1.807) is 31.2 Å². The average molecular weight is 550 g/mol. The van der Waals surface area contributed by atoms with Crippen molar-refractivity contribution in [3.8, 4) is 0 Å². The topological polar surface area (TPSA) is 148 Å². The Morgan fingerprint density at radius 2 is 1.72 bits per heavy atom. The fourth-order valence-electron chi connectivity index (χ4n) is 2.77. The molecule has 0 aliphatic rings. The average Bonchev–Trinajstić information content (AvgIpc) is 3.30. The maximum Gasteiger partial charge on any atom is 0.340 e. The predicted octanol–water partition coefficient (Wildman–Crippen LogP) is 2.95. The lowest BCUT2D eigenvalue weighted by Crippen LogP contribution is -2.22. The molecule has 0 atom stereocenters. The van der Waals surface area contributed by atoms with Crippen LogP contribution in [0.15, 0.2) is 57.8 Å². The van der Waals surface area contributed by atoms with Gasteiger partial charge < -0.3 is 10.1 Å². The molecule has 0 fully saturated rings. The summed E-state index contributed by atoms with van der Waals surface area (Å²) in [5, 5.41) is 13.4. The molecule has 2 N–H and O–H groups in total. The van der Waals surface area contributed by atoms with Crippen LogP contribution in [-0.4, -0.2) is 67.2 Å². The molecule has 0 aliphatic carbocycles. The first kappa shape index (κ1) is 27.3. The van der Waals surface area contributed by atoms with Crippen LogP contribution in [-0.2, 0) is 19.6 Å². The molecule has 3 aromatic rings. The zero-order valence-electron chi connectivity index (χ0n) is 19.5.